The molecule has 24 heavy (non-hydrogen) atoms. The molecule has 2 rings (SSSR count). The largest absolute Gasteiger partial charge is 0.497 e. The molecule has 1 aromatic rings. The van der Waals surface area contributed by atoms with Crippen LogP contribution in [-0.4, -0.2) is 41.9 Å². The van der Waals surface area contributed by atoms with Gasteiger partial charge in [0.2, 0.25) is 5.91 Å². The fourth-order valence-electron chi connectivity index (χ4n) is 2.69. The number of hydrogen-bond acceptors (Lipinski definition) is 4. The number of imide groups is 1. The molecular formula is C17H23N3O4. The van der Waals surface area contributed by atoms with Crippen LogP contribution in [0.15, 0.2) is 24.3 Å². The molecule has 0 aliphatic carbocycles. The van der Waals surface area contributed by atoms with E-state index in [2.05, 4.69) is 10.6 Å². The lowest BCUT2D eigenvalue weighted by Gasteiger charge is -2.23. The first-order chi connectivity index (χ1) is 11.5. The third-order valence-corrected chi connectivity index (χ3v) is 4.40. The number of urea groups is 1. The first-order valence-corrected chi connectivity index (χ1v) is 7.99. The van der Waals surface area contributed by atoms with Gasteiger partial charge in [-0.3, -0.25) is 14.5 Å². The van der Waals surface area contributed by atoms with E-state index in [0.717, 1.165) is 16.2 Å². The molecule has 2 N–H and O–H groups in total. The fourth-order valence-corrected chi connectivity index (χ4v) is 2.69. The summed E-state index contributed by atoms with van der Waals surface area (Å²) in [4.78, 5) is 37.5. The molecule has 0 radical (unpaired) electrons. The molecule has 7 heteroatoms. The zero-order chi connectivity index (χ0) is 17.7. The van der Waals surface area contributed by atoms with E-state index in [1.165, 1.54) is 0 Å². The maximum absolute atomic E-state index is 12.4. The lowest BCUT2D eigenvalue weighted by atomic mass is 9.93. The molecule has 1 aliphatic heterocycles. The average molecular weight is 333 g/mol. The van der Waals surface area contributed by atoms with Crippen molar-refractivity contribution in [1.82, 2.24) is 15.5 Å². The first kappa shape index (κ1) is 17.8. The zero-order valence-electron chi connectivity index (χ0n) is 14.2. The molecule has 0 bridgehead atoms. The molecule has 130 valence electrons. The molecule has 1 aromatic carbocycles. The van der Waals surface area contributed by atoms with Crippen molar-refractivity contribution >= 4 is 17.8 Å². The van der Waals surface area contributed by atoms with Gasteiger partial charge in [-0.05, 0) is 30.5 Å². The van der Waals surface area contributed by atoms with Crippen LogP contribution >= 0.6 is 0 Å². The highest BCUT2D eigenvalue weighted by molar-refractivity contribution is 6.08. The minimum Gasteiger partial charge on any atom is -0.497 e. The molecule has 1 fully saturated rings. The van der Waals surface area contributed by atoms with Crippen molar-refractivity contribution in [2.45, 2.75) is 38.8 Å². The predicted octanol–water partition coefficient (Wildman–Crippen LogP) is 1.42. The minimum absolute atomic E-state index is 0.275. The van der Waals surface area contributed by atoms with Crippen LogP contribution in [0.3, 0.4) is 0 Å². The summed E-state index contributed by atoms with van der Waals surface area (Å²) in [6.45, 7) is 3.73. The van der Waals surface area contributed by atoms with Crippen molar-refractivity contribution in [3.63, 3.8) is 0 Å². The van der Waals surface area contributed by atoms with Gasteiger partial charge in [-0.2, -0.15) is 0 Å². The molecule has 0 atom stereocenters. The van der Waals surface area contributed by atoms with E-state index < -0.39 is 11.6 Å². The number of carbonyl (C=O) groups excluding carboxylic acids is 3. The van der Waals surface area contributed by atoms with Crippen LogP contribution in [0.1, 0.15) is 32.3 Å². The van der Waals surface area contributed by atoms with E-state index in [0.29, 0.717) is 19.4 Å². The lowest BCUT2D eigenvalue weighted by molar-refractivity contribution is -0.135. The van der Waals surface area contributed by atoms with E-state index in [-0.39, 0.29) is 18.4 Å². The van der Waals surface area contributed by atoms with Crippen LogP contribution in [0, 0.1) is 0 Å². The van der Waals surface area contributed by atoms with Gasteiger partial charge in [0, 0.05) is 6.54 Å². The van der Waals surface area contributed by atoms with Crippen molar-refractivity contribution in [2.24, 2.45) is 0 Å². The van der Waals surface area contributed by atoms with Crippen LogP contribution < -0.4 is 15.4 Å². The van der Waals surface area contributed by atoms with Crippen LogP contribution in [-0.2, 0) is 16.1 Å². The number of hydrogen-bond donors (Lipinski definition) is 2. The quantitative estimate of drug-likeness (QED) is 0.739. The maximum Gasteiger partial charge on any atom is 0.325 e. The standard InChI is InChI=1S/C17H23N3O4/c1-4-17(5-2)15(22)20(16(23)19-17)11-14(21)18-10-12-6-8-13(24-3)9-7-12/h6-9H,4-5,10-11H2,1-3H3,(H,18,21)(H,19,23). The SMILES string of the molecule is CCC1(CC)NC(=O)N(CC(=O)NCc2ccc(OC)cc2)C1=O. The first-order valence-electron chi connectivity index (χ1n) is 7.99. The Kier molecular flexibility index (Phi) is 5.43. The van der Waals surface area contributed by atoms with Crippen molar-refractivity contribution in [3.8, 4) is 5.75 Å². The van der Waals surface area contributed by atoms with Crippen LogP contribution in [0.5, 0.6) is 5.75 Å². The fraction of sp³-hybridized carbons (Fsp3) is 0.471. The number of methoxy groups -OCH3 is 1. The van der Waals surface area contributed by atoms with Gasteiger partial charge >= 0.3 is 6.03 Å². The van der Waals surface area contributed by atoms with Crippen LogP contribution in [0.2, 0.25) is 0 Å². The predicted molar refractivity (Wildman–Crippen MR) is 88.4 cm³/mol. The van der Waals surface area contributed by atoms with Gasteiger partial charge in [0.15, 0.2) is 0 Å². The zero-order valence-corrected chi connectivity index (χ0v) is 14.2. The number of amides is 4. The van der Waals surface area contributed by atoms with Crippen molar-refractivity contribution in [1.29, 1.82) is 0 Å². The summed E-state index contributed by atoms with van der Waals surface area (Å²) >= 11 is 0. The second-order valence-electron chi connectivity index (χ2n) is 5.74. The van der Waals surface area contributed by atoms with Gasteiger partial charge < -0.3 is 15.4 Å². The number of ether oxygens (including phenoxy) is 1. The molecule has 1 heterocycles. The Labute approximate surface area is 141 Å². The molecule has 7 nitrogen and oxygen atoms in total. The second-order valence-corrected chi connectivity index (χ2v) is 5.74. The van der Waals surface area contributed by atoms with Gasteiger partial charge in [0.05, 0.1) is 7.11 Å². The molecule has 4 amide bonds. The molecule has 1 aliphatic rings. The minimum atomic E-state index is -0.882. The number of nitrogens with zero attached hydrogens (tertiary/aromatic N) is 1. The van der Waals surface area contributed by atoms with Gasteiger partial charge in [-0.1, -0.05) is 26.0 Å². The Morgan fingerprint density at radius 2 is 1.83 bits per heavy atom. The summed E-state index contributed by atoms with van der Waals surface area (Å²) in [7, 11) is 1.58. The molecule has 0 saturated carbocycles. The van der Waals surface area contributed by atoms with Crippen LogP contribution in [0.4, 0.5) is 4.79 Å². The Morgan fingerprint density at radius 1 is 1.21 bits per heavy atom. The van der Waals surface area contributed by atoms with Crippen molar-refractivity contribution in [2.75, 3.05) is 13.7 Å². The molecular weight excluding hydrogens is 310 g/mol. The smallest absolute Gasteiger partial charge is 0.325 e. The normalized spacial score (nSPS) is 16.0. The van der Waals surface area contributed by atoms with Gasteiger partial charge in [-0.25, -0.2) is 4.79 Å². The molecule has 0 unspecified atom stereocenters. The lowest BCUT2D eigenvalue weighted by Crippen LogP contribution is -2.46. The Balaban J connectivity index is 1.92. The Hall–Kier alpha value is -2.57. The Bertz CT molecular complexity index is 623. The molecule has 0 spiro atoms. The van der Waals surface area contributed by atoms with E-state index in [4.69, 9.17) is 4.74 Å². The summed E-state index contributed by atoms with van der Waals surface area (Å²) in [5, 5.41) is 5.42. The highest BCUT2D eigenvalue weighted by atomic mass is 16.5. The van der Waals surface area contributed by atoms with Crippen molar-refractivity contribution < 1.29 is 19.1 Å². The highest BCUT2D eigenvalue weighted by Crippen LogP contribution is 2.24. The number of carbonyl (C=O) groups is 3. The number of rotatable bonds is 7. The van der Waals surface area contributed by atoms with E-state index in [9.17, 15) is 14.4 Å². The number of benzene rings is 1. The number of nitrogens with one attached hydrogen (secondary N) is 2. The third-order valence-electron chi connectivity index (χ3n) is 4.40. The third kappa shape index (κ3) is 3.50. The Morgan fingerprint density at radius 3 is 2.33 bits per heavy atom. The van der Waals surface area contributed by atoms with E-state index >= 15 is 0 Å². The van der Waals surface area contributed by atoms with Gasteiger partial charge in [-0.15, -0.1) is 0 Å². The topological polar surface area (TPSA) is 87.7 Å². The second kappa shape index (κ2) is 7.33. The van der Waals surface area contributed by atoms with Gasteiger partial charge in [0.1, 0.15) is 17.8 Å². The van der Waals surface area contributed by atoms with Crippen molar-refractivity contribution in [3.05, 3.63) is 29.8 Å². The summed E-state index contributed by atoms with van der Waals surface area (Å²) < 4.78 is 5.07. The van der Waals surface area contributed by atoms with E-state index in [1.54, 1.807) is 19.2 Å². The highest BCUT2D eigenvalue weighted by Gasteiger charge is 2.49. The summed E-state index contributed by atoms with van der Waals surface area (Å²) in [5.41, 5.74) is 0.0192. The summed E-state index contributed by atoms with van der Waals surface area (Å²) in [5.74, 6) is 0.0225. The summed E-state index contributed by atoms with van der Waals surface area (Å²) in [6.07, 6.45) is 0.996. The van der Waals surface area contributed by atoms with E-state index in [1.807, 2.05) is 26.0 Å². The summed E-state index contributed by atoms with van der Waals surface area (Å²) in [6, 6.07) is 6.77. The van der Waals surface area contributed by atoms with Crippen LogP contribution in [0.25, 0.3) is 0 Å². The monoisotopic (exact) mass is 333 g/mol. The molecule has 0 aromatic heterocycles. The molecule has 1 saturated heterocycles. The van der Waals surface area contributed by atoms with Gasteiger partial charge in [0.25, 0.3) is 5.91 Å². The average Bonchev–Trinajstić information content (AvgIpc) is 2.85. The maximum atomic E-state index is 12.4.